The molecule has 0 aromatic heterocycles. The van der Waals surface area contributed by atoms with Crippen LogP contribution in [0.2, 0.25) is 0 Å². The third-order valence-corrected chi connectivity index (χ3v) is 1.25. The lowest BCUT2D eigenvalue weighted by Gasteiger charge is -2.03. The van der Waals surface area contributed by atoms with Gasteiger partial charge in [0.1, 0.15) is 0 Å². The fourth-order valence-corrected chi connectivity index (χ4v) is 0.734. The van der Waals surface area contributed by atoms with Crippen molar-refractivity contribution in [2.24, 2.45) is 5.92 Å². The van der Waals surface area contributed by atoms with Crippen LogP contribution in [-0.4, -0.2) is 12.5 Å². The number of hydrogen-bond donors (Lipinski definition) is 1. The van der Waals surface area contributed by atoms with Crippen LogP contribution in [0, 0.1) is 5.92 Å². The minimum Gasteiger partial charge on any atom is -0.353 e. The van der Waals surface area contributed by atoms with Gasteiger partial charge in [-0.3, -0.25) is 4.79 Å². The molecule has 0 fully saturated rings. The molecule has 0 aromatic carbocycles. The van der Waals surface area contributed by atoms with Gasteiger partial charge in [-0.25, -0.2) is 0 Å². The smallest absolute Gasteiger partial charge is 0.220 e. The first kappa shape index (κ1) is 10.2. The lowest BCUT2D eigenvalue weighted by Crippen LogP contribution is -2.24. The van der Waals surface area contributed by atoms with Gasteiger partial charge in [0.15, 0.2) is 0 Å². The van der Waals surface area contributed by atoms with Gasteiger partial charge in [-0.2, -0.15) is 0 Å². The molecule has 0 aliphatic carbocycles. The third kappa shape index (κ3) is 7.10. The molecular formula is C9H17NO. The summed E-state index contributed by atoms with van der Waals surface area (Å²) in [4.78, 5) is 11.0. The second-order valence-electron chi connectivity index (χ2n) is 2.97. The van der Waals surface area contributed by atoms with E-state index in [1.807, 2.05) is 32.9 Å². The molecule has 0 aliphatic heterocycles. The molecule has 0 aromatic rings. The van der Waals surface area contributed by atoms with Crippen molar-refractivity contribution < 1.29 is 4.79 Å². The second-order valence-corrected chi connectivity index (χ2v) is 2.97. The quantitative estimate of drug-likeness (QED) is 0.615. The maximum atomic E-state index is 11.0. The Morgan fingerprint density at radius 1 is 1.55 bits per heavy atom. The molecule has 2 heteroatoms. The van der Waals surface area contributed by atoms with E-state index in [0.717, 1.165) is 0 Å². The second kappa shape index (κ2) is 5.96. The summed E-state index contributed by atoms with van der Waals surface area (Å²) in [7, 11) is 0. The summed E-state index contributed by atoms with van der Waals surface area (Å²) in [6.45, 7) is 6.67. The maximum Gasteiger partial charge on any atom is 0.220 e. The van der Waals surface area contributed by atoms with Gasteiger partial charge < -0.3 is 5.32 Å². The fourth-order valence-electron chi connectivity index (χ4n) is 0.734. The molecule has 1 amide bonds. The molecule has 11 heavy (non-hydrogen) atoms. The van der Waals surface area contributed by atoms with Gasteiger partial charge in [0.05, 0.1) is 0 Å². The first-order valence-corrected chi connectivity index (χ1v) is 4.04. The Morgan fingerprint density at radius 3 is 2.64 bits per heavy atom. The molecule has 0 heterocycles. The Hall–Kier alpha value is -0.790. The lowest BCUT2D eigenvalue weighted by atomic mass is 10.1. The van der Waals surface area contributed by atoms with Crippen LogP contribution >= 0.6 is 0 Å². The number of nitrogens with one attached hydrogen (secondary N) is 1. The fraction of sp³-hybridized carbons (Fsp3) is 0.667. The molecule has 2 nitrogen and oxygen atoms in total. The zero-order chi connectivity index (χ0) is 8.69. The van der Waals surface area contributed by atoms with Gasteiger partial charge in [0.25, 0.3) is 0 Å². The lowest BCUT2D eigenvalue weighted by molar-refractivity contribution is -0.121. The van der Waals surface area contributed by atoms with E-state index in [0.29, 0.717) is 18.9 Å². The molecule has 0 saturated carbocycles. The minimum absolute atomic E-state index is 0.137. The molecule has 0 saturated heterocycles. The van der Waals surface area contributed by atoms with Gasteiger partial charge in [0.2, 0.25) is 5.91 Å². The SMILES string of the molecule is C/C=C/CNC(=O)CC(C)C. The van der Waals surface area contributed by atoms with Crippen molar-refractivity contribution in [1.29, 1.82) is 0 Å². The Labute approximate surface area is 68.7 Å². The molecule has 0 rings (SSSR count). The van der Waals surface area contributed by atoms with Gasteiger partial charge in [0, 0.05) is 13.0 Å². The summed E-state index contributed by atoms with van der Waals surface area (Å²) in [6, 6.07) is 0. The van der Waals surface area contributed by atoms with E-state index in [2.05, 4.69) is 5.32 Å². The minimum atomic E-state index is 0.137. The highest BCUT2D eigenvalue weighted by atomic mass is 16.1. The number of rotatable bonds is 4. The Bertz CT molecular complexity index is 138. The normalized spacial score (nSPS) is 10.9. The summed E-state index contributed by atoms with van der Waals surface area (Å²) in [5.41, 5.74) is 0. The summed E-state index contributed by atoms with van der Waals surface area (Å²) >= 11 is 0. The van der Waals surface area contributed by atoms with Crippen LogP contribution in [-0.2, 0) is 4.79 Å². The number of carbonyl (C=O) groups excluding carboxylic acids is 1. The van der Waals surface area contributed by atoms with Crippen LogP contribution < -0.4 is 5.32 Å². The number of amides is 1. The number of carbonyl (C=O) groups is 1. The highest BCUT2D eigenvalue weighted by Gasteiger charge is 2.01. The molecule has 0 spiro atoms. The molecule has 0 aliphatic rings. The van der Waals surface area contributed by atoms with Crippen molar-refractivity contribution in [2.45, 2.75) is 27.2 Å². The standard InChI is InChI=1S/C9H17NO/c1-4-5-6-10-9(11)7-8(2)3/h4-5,8H,6-7H2,1-3H3,(H,10,11)/b5-4+. The van der Waals surface area contributed by atoms with Gasteiger partial charge >= 0.3 is 0 Å². The molecular weight excluding hydrogens is 138 g/mol. The zero-order valence-electron chi connectivity index (χ0n) is 7.55. The average Bonchev–Trinajstić information content (AvgIpc) is 1.86. The molecule has 0 unspecified atom stereocenters. The van der Waals surface area contributed by atoms with Crippen molar-refractivity contribution in [3.05, 3.63) is 12.2 Å². The topological polar surface area (TPSA) is 29.1 Å². The molecule has 64 valence electrons. The van der Waals surface area contributed by atoms with E-state index in [1.54, 1.807) is 0 Å². The van der Waals surface area contributed by atoms with E-state index in [1.165, 1.54) is 0 Å². The highest BCUT2D eigenvalue weighted by molar-refractivity contribution is 5.76. The zero-order valence-corrected chi connectivity index (χ0v) is 7.55. The molecule has 1 N–H and O–H groups in total. The van der Waals surface area contributed by atoms with Crippen LogP contribution in [0.25, 0.3) is 0 Å². The molecule has 0 bridgehead atoms. The van der Waals surface area contributed by atoms with E-state index in [4.69, 9.17) is 0 Å². The third-order valence-electron chi connectivity index (χ3n) is 1.25. The van der Waals surface area contributed by atoms with E-state index < -0.39 is 0 Å². The Balaban J connectivity index is 3.37. The first-order chi connectivity index (χ1) is 5.16. The van der Waals surface area contributed by atoms with Crippen molar-refractivity contribution >= 4 is 5.91 Å². The number of hydrogen-bond acceptors (Lipinski definition) is 1. The maximum absolute atomic E-state index is 11.0. The van der Waals surface area contributed by atoms with Crippen molar-refractivity contribution in [3.8, 4) is 0 Å². The monoisotopic (exact) mass is 155 g/mol. The summed E-state index contributed by atoms with van der Waals surface area (Å²) < 4.78 is 0. The summed E-state index contributed by atoms with van der Waals surface area (Å²) in [5, 5.41) is 2.79. The van der Waals surface area contributed by atoms with Crippen LogP contribution in [0.4, 0.5) is 0 Å². The highest BCUT2D eigenvalue weighted by Crippen LogP contribution is 1.97. The van der Waals surface area contributed by atoms with E-state index in [-0.39, 0.29) is 5.91 Å². The number of allylic oxidation sites excluding steroid dienone is 1. The predicted molar refractivity (Wildman–Crippen MR) is 47.3 cm³/mol. The first-order valence-electron chi connectivity index (χ1n) is 4.04. The van der Waals surface area contributed by atoms with Crippen molar-refractivity contribution in [3.63, 3.8) is 0 Å². The van der Waals surface area contributed by atoms with Crippen LogP contribution in [0.5, 0.6) is 0 Å². The van der Waals surface area contributed by atoms with Gasteiger partial charge in [-0.05, 0) is 12.8 Å². The largest absolute Gasteiger partial charge is 0.353 e. The van der Waals surface area contributed by atoms with Crippen LogP contribution in [0.15, 0.2) is 12.2 Å². The van der Waals surface area contributed by atoms with Crippen molar-refractivity contribution in [2.75, 3.05) is 6.54 Å². The average molecular weight is 155 g/mol. The van der Waals surface area contributed by atoms with Crippen LogP contribution in [0.1, 0.15) is 27.2 Å². The van der Waals surface area contributed by atoms with Gasteiger partial charge in [-0.15, -0.1) is 0 Å². The van der Waals surface area contributed by atoms with E-state index in [9.17, 15) is 4.79 Å². The Kier molecular flexibility index (Phi) is 5.53. The van der Waals surface area contributed by atoms with Gasteiger partial charge in [-0.1, -0.05) is 26.0 Å². The van der Waals surface area contributed by atoms with Crippen LogP contribution in [0.3, 0.4) is 0 Å². The van der Waals surface area contributed by atoms with Crippen molar-refractivity contribution in [1.82, 2.24) is 5.32 Å². The molecule has 0 atom stereocenters. The Morgan fingerprint density at radius 2 is 2.18 bits per heavy atom. The summed E-state index contributed by atoms with van der Waals surface area (Å²) in [6.07, 6.45) is 4.48. The molecule has 0 radical (unpaired) electrons. The summed E-state index contributed by atoms with van der Waals surface area (Å²) in [5.74, 6) is 0.582. The van der Waals surface area contributed by atoms with E-state index >= 15 is 0 Å². The predicted octanol–water partition coefficient (Wildman–Crippen LogP) is 1.72.